The molecule has 0 radical (unpaired) electrons. The molecule has 0 saturated carbocycles. The Morgan fingerprint density at radius 3 is 2.14 bits per heavy atom. The van der Waals surface area contributed by atoms with Crippen LogP contribution in [0.4, 0.5) is 17.1 Å². The number of anilines is 3. The zero-order chi connectivity index (χ0) is 31.4. The Kier molecular flexibility index (Phi) is 9.75. The van der Waals surface area contributed by atoms with Crippen LogP contribution in [0, 0.1) is 0 Å². The van der Waals surface area contributed by atoms with Crippen LogP contribution in [0.15, 0.2) is 89.8 Å². The van der Waals surface area contributed by atoms with Gasteiger partial charge in [0.25, 0.3) is 15.9 Å². The first-order valence-electron chi connectivity index (χ1n) is 12.5. The van der Waals surface area contributed by atoms with E-state index in [2.05, 4.69) is 10.0 Å². The van der Waals surface area contributed by atoms with Crippen molar-refractivity contribution >= 4 is 66.2 Å². The van der Waals surface area contributed by atoms with Gasteiger partial charge >= 0.3 is 0 Å². The number of halogens is 2. The molecule has 0 saturated heterocycles. The fourth-order valence-electron chi connectivity index (χ4n) is 4.01. The molecule has 10 nitrogen and oxygen atoms in total. The first kappa shape index (κ1) is 32.0. The van der Waals surface area contributed by atoms with E-state index in [1.165, 1.54) is 44.6 Å². The van der Waals surface area contributed by atoms with Gasteiger partial charge in [-0.2, -0.15) is 0 Å². The number of nitrogens with one attached hydrogen (secondary N) is 2. The molecule has 43 heavy (non-hydrogen) atoms. The summed E-state index contributed by atoms with van der Waals surface area (Å²) in [6.07, 6.45) is 1.06. The molecule has 4 aromatic carbocycles. The van der Waals surface area contributed by atoms with E-state index in [9.17, 15) is 21.6 Å². The lowest BCUT2D eigenvalue weighted by molar-refractivity contribution is 0.102. The molecule has 1 amide bonds. The van der Waals surface area contributed by atoms with E-state index in [1.807, 2.05) is 0 Å². The number of ether oxygens (including phenoxy) is 2. The van der Waals surface area contributed by atoms with Crippen molar-refractivity contribution in [3.63, 3.8) is 0 Å². The van der Waals surface area contributed by atoms with Crippen molar-refractivity contribution in [1.82, 2.24) is 0 Å². The number of amides is 1. The van der Waals surface area contributed by atoms with Crippen LogP contribution in [0.25, 0.3) is 0 Å². The van der Waals surface area contributed by atoms with Gasteiger partial charge in [0.15, 0.2) is 0 Å². The van der Waals surface area contributed by atoms with Crippen LogP contribution in [-0.2, 0) is 26.6 Å². The van der Waals surface area contributed by atoms with E-state index in [-0.39, 0.29) is 32.9 Å². The highest BCUT2D eigenvalue weighted by Gasteiger charge is 2.22. The summed E-state index contributed by atoms with van der Waals surface area (Å²) >= 11 is 12.3. The van der Waals surface area contributed by atoms with Gasteiger partial charge in [0, 0.05) is 17.3 Å². The number of hydrogen-bond donors (Lipinski definition) is 2. The van der Waals surface area contributed by atoms with E-state index in [1.54, 1.807) is 54.6 Å². The van der Waals surface area contributed by atoms with Gasteiger partial charge in [0.1, 0.15) is 11.5 Å². The van der Waals surface area contributed by atoms with Crippen molar-refractivity contribution in [2.45, 2.75) is 11.4 Å². The molecule has 0 heterocycles. The lowest BCUT2D eigenvalue weighted by atomic mass is 10.1. The highest BCUT2D eigenvalue weighted by atomic mass is 35.5. The van der Waals surface area contributed by atoms with Gasteiger partial charge in [0.2, 0.25) is 10.0 Å². The van der Waals surface area contributed by atoms with Crippen molar-refractivity contribution < 1.29 is 31.1 Å². The van der Waals surface area contributed by atoms with Gasteiger partial charge in [-0.25, -0.2) is 16.8 Å². The van der Waals surface area contributed by atoms with Gasteiger partial charge in [0.05, 0.1) is 53.3 Å². The molecule has 0 unspecified atom stereocenters. The average molecular weight is 665 g/mol. The second-order valence-corrected chi connectivity index (χ2v) is 13.6. The minimum absolute atomic E-state index is 0.0324. The summed E-state index contributed by atoms with van der Waals surface area (Å²) in [5.41, 5.74) is 1.72. The highest BCUT2D eigenvalue weighted by Crippen LogP contribution is 2.35. The summed E-state index contributed by atoms with van der Waals surface area (Å²) in [5, 5.41) is 3.05. The number of benzene rings is 4. The third-order valence-electron chi connectivity index (χ3n) is 6.22. The van der Waals surface area contributed by atoms with Gasteiger partial charge in [-0.1, -0.05) is 41.4 Å². The zero-order valence-corrected chi connectivity index (χ0v) is 26.3. The summed E-state index contributed by atoms with van der Waals surface area (Å²) in [6, 6.07) is 21.4. The predicted molar refractivity (Wildman–Crippen MR) is 169 cm³/mol. The van der Waals surface area contributed by atoms with Gasteiger partial charge in [-0.05, 0) is 66.2 Å². The Labute approximate surface area is 260 Å². The summed E-state index contributed by atoms with van der Waals surface area (Å²) in [6.45, 7) is -0.0353. The maximum Gasteiger partial charge on any atom is 0.262 e. The molecule has 4 rings (SSSR count). The molecule has 0 bridgehead atoms. The van der Waals surface area contributed by atoms with E-state index in [0.717, 1.165) is 10.6 Å². The second-order valence-electron chi connectivity index (χ2n) is 9.19. The summed E-state index contributed by atoms with van der Waals surface area (Å²) in [7, 11) is -4.80. The van der Waals surface area contributed by atoms with Crippen molar-refractivity contribution in [2.75, 3.05) is 34.8 Å². The summed E-state index contributed by atoms with van der Waals surface area (Å²) in [5.74, 6) is 0.318. The maximum atomic E-state index is 13.0. The lowest BCUT2D eigenvalue weighted by Crippen LogP contribution is -2.29. The van der Waals surface area contributed by atoms with Gasteiger partial charge < -0.3 is 14.8 Å². The molecular formula is C29H27Cl2N3O7S2. The normalized spacial score (nSPS) is 11.5. The Hall–Kier alpha value is -3.97. The van der Waals surface area contributed by atoms with Crippen LogP contribution in [0.3, 0.4) is 0 Å². The van der Waals surface area contributed by atoms with Crippen LogP contribution in [0.2, 0.25) is 10.0 Å². The molecule has 0 atom stereocenters. The first-order valence-corrected chi connectivity index (χ1v) is 16.6. The van der Waals surface area contributed by atoms with Crippen LogP contribution in [-0.4, -0.2) is 43.2 Å². The molecular weight excluding hydrogens is 637 g/mol. The Morgan fingerprint density at radius 1 is 0.860 bits per heavy atom. The molecule has 2 N–H and O–H groups in total. The molecule has 0 aromatic heterocycles. The van der Waals surface area contributed by atoms with E-state index >= 15 is 0 Å². The smallest absolute Gasteiger partial charge is 0.262 e. The van der Waals surface area contributed by atoms with Gasteiger partial charge in [-0.3, -0.25) is 13.8 Å². The van der Waals surface area contributed by atoms with Crippen molar-refractivity contribution in [2.24, 2.45) is 0 Å². The van der Waals surface area contributed by atoms with Crippen LogP contribution in [0.5, 0.6) is 11.5 Å². The van der Waals surface area contributed by atoms with Crippen molar-refractivity contribution in [3.8, 4) is 11.5 Å². The summed E-state index contributed by atoms with van der Waals surface area (Å²) < 4.78 is 65.0. The van der Waals surface area contributed by atoms with Crippen molar-refractivity contribution in [1.29, 1.82) is 0 Å². The molecule has 0 spiro atoms. The largest absolute Gasteiger partial charge is 0.497 e. The third-order valence-corrected chi connectivity index (χ3v) is 9.53. The van der Waals surface area contributed by atoms with Crippen molar-refractivity contribution in [3.05, 3.63) is 106 Å². The number of carbonyl (C=O) groups is 1. The lowest BCUT2D eigenvalue weighted by Gasteiger charge is -2.24. The third kappa shape index (κ3) is 7.71. The standard InChI is InChI=1S/C29H27Cl2N3O7S2/c1-40-22-13-16-27(41-2)25(17-22)33-43(38,39)23-14-11-21(12-15-23)32-29(35)20-9-7-19(8-10-20)18-34(42(3,36)37)26-6-4-5-24(30)28(26)31/h4-17,33H,18H2,1-3H3,(H,32,35). The minimum Gasteiger partial charge on any atom is -0.497 e. The summed E-state index contributed by atoms with van der Waals surface area (Å²) in [4.78, 5) is 12.8. The molecule has 226 valence electrons. The van der Waals surface area contributed by atoms with Gasteiger partial charge in [-0.15, -0.1) is 0 Å². The second kappa shape index (κ2) is 13.1. The maximum absolute atomic E-state index is 13.0. The number of rotatable bonds is 11. The van der Waals surface area contributed by atoms with E-state index in [4.69, 9.17) is 32.7 Å². The molecule has 0 fully saturated rings. The SMILES string of the molecule is COc1ccc(OC)c(NS(=O)(=O)c2ccc(NC(=O)c3ccc(CN(c4cccc(Cl)c4Cl)S(C)(=O)=O)cc3)cc2)c1. The van der Waals surface area contributed by atoms with Crippen LogP contribution in [0.1, 0.15) is 15.9 Å². The molecule has 0 aliphatic rings. The Balaban J connectivity index is 1.45. The number of hydrogen-bond acceptors (Lipinski definition) is 7. The monoisotopic (exact) mass is 663 g/mol. The average Bonchev–Trinajstić information content (AvgIpc) is 2.97. The highest BCUT2D eigenvalue weighted by molar-refractivity contribution is 7.92. The molecule has 14 heteroatoms. The minimum atomic E-state index is -3.98. The topological polar surface area (TPSA) is 131 Å². The molecule has 0 aliphatic carbocycles. The molecule has 4 aromatic rings. The zero-order valence-electron chi connectivity index (χ0n) is 23.2. The molecule has 0 aliphatic heterocycles. The van der Waals surface area contributed by atoms with Crippen LogP contribution < -0.4 is 23.8 Å². The number of carbonyl (C=O) groups excluding carboxylic acids is 1. The number of methoxy groups -OCH3 is 2. The number of nitrogens with zero attached hydrogens (tertiary/aromatic N) is 1. The predicted octanol–water partition coefficient (Wildman–Crippen LogP) is 6.03. The fraction of sp³-hybridized carbons (Fsp3) is 0.138. The number of sulfonamides is 2. The van der Waals surface area contributed by atoms with E-state index in [0.29, 0.717) is 28.3 Å². The Morgan fingerprint density at radius 2 is 1.53 bits per heavy atom. The Bertz CT molecular complexity index is 1850. The first-order chi connectivity index (χ1) is 20.3. The fourth-order valence-corrected chi connectivity index (χ4v) is 6.41. The van der Waals surface area contributed by atoms with E-state index < -0.39 is 26.0 Å². The quantitative estimate of drug-likeness (QED) is 0.200. The van der Waals surface area contributed by atoms with Crippen LogP contribution >= 0.6 is 23.2 Å².